The van der Waals surface area contributed by atoms with Crippen molar-refractivity contribution in [1.29, 1.82) is 0 Å². The van der Waals surface area contributed by atoms with Gasteiger partial charge in [0.15, 0.2) is 5.69 Å². The van der Waals surface area contributed by atoms with E-state index in [1.807, 2.05) is 11.5 Å². The Bertz CT molecular complexity index is 492. The number of carbonyl (C=O) groups excluding carboxylic acids is 1. The lowest BCUT2D eigenvalue weighted by Crippen LogP contribution is -2.30. The number of rotatable bonds is 2. The van der Waals surface area contributed by atoms with Crippen molar-refractivity contribution in [1.82, 2.24) is 15.6 Å². The highest BCUT2D eigenvalue weighted by atomic mass is 35.5. The van der Waals surface area contributed by atoms with E-state index in [1.54, 1.807) is 12.1 Å². The summed E-state index contributed by atoms with van der Waals surface area (Å²) in [6, 6.07) is 5.25. The Hall–Kier alpha value is -1.37. The van der Waals surface area contributed by atoms with Gasteiger partial charge >= 0.3 is 0 Å². The molecule has 0 aromatic carbocycles. The van der Waals surface area contributed by atoms with Crippen molar-refractivity contribution in [2.75, 3.05) is 0 Å². The summed E-state index contributed by atoms with van der Waals surface area (Å²) in [5, 5.41) is 6.56. The van der Waals surface area contributed by atoms with Gasteiger partial charge in [0, 0.05) is 0 Å². The first-order valence-electron chi connectivity index (χ1n) is 4.03. The van der Waals surface area contributed by atoms with E-state index in [1.165, 1.54) is 11.3 Å². The van der Waals surface area contributed by atoms with Crippen molar-refractivity contribution in [3.05, 3.63) is 28.2 Å². The quantitative estimate of drug-likeness (QED) is 0.423. The highest BCUT2D eigenvalue weighted by Gasteiger charge is 2.10. The molecule has 0 fully saturated rings. The van der Waals surface area contributed by atoms with Gasteiger partial charge in [-0.25, -0.2) is 5.84 Å². The molecule has 7 heteroatoms. The number of nitrogens with zero attached hydrogens (tertiary/aromatic N) is 1. The molecule has 2 rings (SSSR count). The van der Waals surface area contributed by atoms with Crippen LogP contribution in [0.4, 0.5) is 0 Å². The maximum Gasteiger partial charge on any atom is 0.285 e. The third-order valence-electron chi connectivity index (χ3n) is 1.78. The van der Waals surface area contributed by atoms with Gasteiger partial charge < -0.3 is 0 Å². The van der Waals surface area contributed by atoms with Gasteiger partial charge in [-0.15, -0.1) is 11.3 Å². The minimum absolute atomic E-state index is 0.247. The second kappa shape index (κ2) is 4.01. The van der Waals surface area contributed by atoms with E-state index >= 15 is 0 Å². The summed E-state index contributed by atoms with van der Waals surface area (Å²) in [5.41, 5.74) is 3.00. The number of halogens is 1. The Morgan fingerprint density at radius 1 is 1.60 bits per heavy atom. The zero-order chi connectivity index (χ0) is 10.8. The molecule has 0 radical (unpaired) electrons. The van der Waals surface area contributed by atoms with Crippen molar-refractivity contribution in [2.45, 2.75) is 0 Å². The third kappa shape index (κ3) is 2.01. The predicted molar refractivity (Wildman–Crippen MR) is 58.6 cm³/mol. The van der Waals surface area contributed by atoms with Gasteiger partial charge in [-0.2, -0.15) is 5.10 Å². The smallest absolute Gasteiger partial charge is 0.285 e. The first-order chi connectivity index (χ1) is 7.20. The van der Waals surface area contributed by atoms with Crippen LogP contribution in [0.5, 0.6) is 0 Å². The lowest BCUT2D eigenvalue weighted by Gasteiger charge is -1.90. The summed E-state index contributed by atoms with van der Waals surface area (Å²) < 4.78 is 0.685. The maximum atomic E-state index is 11.1. The van der Waals surface area contributed by atoms with Crippen LogP contribution in [0.2, 0.25) is 4.34 Å². The number of amides is 1. The summed E-state index contributed by atoms with van der Waals surface area (Å²) >= 11 is 7.20. The molecule has 78 valence electrons. The Balaban J connectivity index is 2.31. The molecule has 0 aliphatic heterocycles. The van der Waals surface area contributed by atoms with Crippen molar-refractivity contribution in [2.24, 2.45) is 5.84 Å². The molecule has 1 amide bonds. The molecule has 0 saturated heterocycles. The molecule has 0 atom stereocenters. The predicted octanol–water partition coefficient (Wildman–Crippen LogP) is 1.40. The SMILES string of the molecule is NNC(=O)c1cc(-c2ccc(Cl)s2)[nH]n1. The number of hydrogen-bond donors (Lipinski definition) is 3. The zero-order valence-corrected chi connectivity index (χ0v) is 9.02. The van der Waals surface area contributed by atoms with Gasteiger partial charge in [0.05, 0.1) is 14.9 Å². The summed E-state index contributed by atoms with van der Waals surface area (Å²) in [5.74, 6) is 4.55. The Labute approximate surface area is 94.2 Å². The maximum absolute atomic E-state index is 11.1. The average molecular weight is 243 g/mol. The van der Waals surface area contributed by atoms with Crippen LogP contribution in [0.1, 0.15) is 10.5 Å². The number of nitrogens with two attached hydrogens (primary N) is 1. The number of nitrogen functional groups attached to an aromatic ring is 1. The van der Waals surface area contributed by atoms with Crippen LogP contribution in [0.25, 0.3) is 10.6 Å². The first-order valence-corrected chi connectivity index (χ1v) is 5.22. The van der Waals surface area contributed by atoms with Crippen LogP contribution < -0.4 is 11.3 Å². The van der Waals surface area contributed by atoms with Crippen LogP contribution >= 0.6 is 22.9 Å². The van der Waals surface area contributed by atoms with E-state index in [0.29, 0.717) is 4.34 Å². The largest absolute Gasteiger partial charge is 0.289 e. The summed E-state index contributed by atoms with van der Waals surface area (Å²) in [6.07, 6.45) is 0. The summed E-state index contributed by atoms with van der Waals surface area (Å²) in [7, 11) is 0. The Morgan fingerprint density at radius 3 is 3.00 bits per heavy atom. The van der Waals surface area contributed by atoms with Crippen LogP contribution in [0.15, 0.2) is 18.2 Å². The monoisotopic (exact) mass is 242 g/mol. The minimum Gasteiger partial charge on any atom is -0.289 e. The number of carbonyl (C=O) groups is 1. The molecule has 0 spiro atoms. The van der Waals surface area contributed by atoms with Crippen LogP contribution in [0, 0.1) is 0 Å². The number of hydrazine groups is 1. The van der Waals surface area contributed by atoms with Crippen LogP contribution in [-0.4, -0.2) is 16.1 Å². The molecule has 5 nitrogen and oxygen atoms in total. The molecule has 4 N–H and O–H groups in total. The van der Waals surface area contributed by atoms with E-state index in [0.717, 1.165) is 10.6 Å². The number of aromatic nitrogens is 2. The molecule has 0 saturated carbocycles. The van der Waals surface area contributed by atoms with Gasteiger partial charge in [0.2, 0.25) is 0 Å². The lowest BCUT2D eigenvalue weighted by atomic mass is 10.3. The molecular formula is C8H7ClN4OS. The van der Waals surface area contributed by atoms with Crippen LogP contribution in [0.3, 0.4) is 0 Å². The average Bonchev–Trinajstić information content (AvgIpc) is 2.84. The van der Waals surface area contributed by atoms with Gasteiger partial charge in [-0.1, -0.05) is 11.6 Å². The Morgan fingerprint density at radius 2 is 2.40 bits per heavy atom. The number of H-pyrrole nitrogens is 1. The summed E-state index contributed by atoms with van der Waals surface area (Å²) in [4.78, 5) is 12.0. The topological polar surface area (TPSA) is 83.8 Å². The van der Waals surface area contributed by atoms with Crippen molar-refractivity contribution < 1.29 is 4.79 Å². The molecule has 0 aliphatic carbocycles. The van der Waals surface area contributed by atoms with E-state index in [4.69, 9.17) is 17.4 Å². The zero-order valence-electron chi connectivity index (χ0n) is 7.45. The number of aromatic amines is 1. The second-order valence-corrected chi connectivity index (χ2v) is 4.46. The molecule has 2 aromatic heterocycles. The fourth-order valence-corrected chi connectivity index (χ4v) is 2.11. The number of hydrogen-bond acceptors (Lipinski definition) is 4. The molecular weight excluding hydrogens is 236 g/mol. The standard InChI is InChI=1S/C8H7ClN4OS/c9-7-2-1-6(15-7)4-3-5(13-12-4)8(14)11-10/h1-3H,10H2,(H,11,14)(H,12,13). The normalized spacial score (nSPS) is 10.3. The first kappa shape index (κ1) is 10.2. The number of nitrogens with one attached hydrogen (secondary N) is 2. The highest BCUT2D eigenvalue weighted by molar-refractivity contribution is 7.19. The highest BCUT2D eigenvalue weighted by Crippen LogP contribution is 2.29. The molecule has 15 heavy (non-hydrogen) atoms. The van der Waals surface area contributed by atoms with Gasteiger partial charge in [0.25, 0.3) is 5.91 Å². The number of thiophene rings is 1. The minimum atomic E-state index is -0.430. The van der Waals surface area contributed by atoms with Gasteiger partial charge in [0.1, 0.15) is 0 Å². The van der Waals surface area contributed by atoms with E-state index < -0.39 is 5.91 Å². The summed E-state index contributed by atoms with van der Waals surface area (Å²) in [6.45, 7) is 0. The van der Waals surface area contributed by atoms with E-state index in [2.05, 4.69) is 10.2 Å². The van der Waals surface area contributed by atoms with E-state index in [-0.39, 0.29) is 5.69 Å². The molecule has 0 bridgehead atoms. The van der Waals surface area contributed by atoms with Crippen molar-refractivity contribution >= 4 is 28.8 Å². The second-order valence-electron chi connectivity index (χ2n) is 2.74. The van der Waals surface area contributed by atoms with Gasteiger partial charge in [-0.05, 0) is 18.2 Å². The molecule has 2 heterocycles. The third-order valence-corrected chi connectivity index (χ3v) is 3.04. The lowest BCUT2D eigenvalue weighted by molar-refractivity contribution is 0.0948. The fourth-order valence-electron chi connectivity index (χ4n) is 1.10. The molecule has 2 aromatic rings. The molecule has 0 aliphatic rings. The van der Waals surface area contributed by atoms with Crippen molar-refractivity contribution in [3.63, 3.8) is 0 Å². The Kier molecular flexibility index (Phi) is 2.72. The van der Waals surface area contributed by atoms with Crippen LogP contribution in [-0.2, 0) is 0 Å². The molecule has 0 unspecified atom stereocenters. The fraction of sp³-hybridized carbons (Fsp3) is 0. The van der Waals surface area contributed by atoms with Gasteiger partial charge in [-0.3, -0.25) is 15.3 Å². The van der Waals surface area contributed by atoms with E-state index in [9.17, 15) is 4.79 Å². The van der Waals surface area contributed by atoms with Crippen molar-refractivity contribution in [3.8, 4) is 10.6 Å².